The van der Waals surface area contributed by atoms with Gasteiger partial charge in [-0.05, 0) is 19.1 Å². The normalized spacial score (nSPS) is 17.3. The molecule has 1 aromatic carbocycles. The molecule has 0 saturated carbocycles. The van der Waals surface area contributed by atoms with Crippen molar-refractivity contribution in [1.29, 1.82) is 0 Å². The van der Waals surface area contributed by atoms with Gasteiger partial charge < -0.3 is 15.0 Å². The Kier molecular flexibility index (Phi) is 4.86. The SMILES string of the molecule is COCc1nnc(NC(=O)[C@H]2CC(=O)N(c3ccc(C)cc3)C2)s1. The second kappa shape index (κ2) is 7.06. The van der Waals surface area contributed by atoms with Crippen LogP contribution in [-0.4, -0.2) is 35.7 Å². The van der Waals surface area contributed by atoms with Crippen molar-refractivity contribution in [3.05, 3.63) is 34.8 Å². The zero-order valence-corrected chi connectivity index (χ0v) is 14.3. The van der Waals surface area contributed by atoms with E-state index in [2.05, 4.69) is 15.5 Å². The minimum atomic E-state index is -0.395. The van der Waals surface area contributed by atoms with Gasteiger partial charge >= 0.3 is 0 Å². The van der Waals surface area contributed by atoms with E-state index >= 15 is 0 Å². The molecule has 126 valence electrons. The first-order valence-electron chi connectivity index (χ1n) is 7.56. The average molecular weight is 346 g/mol. The molecule has 1 atom stereocenters. The number of hydrogen-bond donors (Lipinski definition) is 1. The first-order valence-corrected chi connectivity index (χ1v) is 8.37. The molecule has 0 unspecified atom stereocenters. The van der Waals surface area contributed by atoms with Crippen LogP contribution >= 0.6 is 11.3 Å². The van der Waals surface area contributed by atoms with Gasteiger partial charge in [-0.15, -0.1) is 10.2 Å². The summed E-state index contributed by atoms with van der Waals surface area (Å²) < 4.78 is 4.98. The molecule has 1 aromatic heterocycles. The van der Waals surface area contributed by atoms with Gasteiger partial charge in [0.15, 0.2) is 0 Å². The highest BCUT2D eigenvalue weighted by Crippen LogP contribution is 2.26. The first-order chi connectivity index (χ1) is 11.6. The third-order valence-electron chi connectivity index (χ3n) is 3.81. The minimum absolute atomic E-state index is 0.0451. The van der Waals surface area contributed by atoms with Crippen LogP contribution in [0.15, 0.2) is 24.3 Å². The van der Waals surface area contributed by atoms with Crippen LogP contribution in [0.3, 0.4) is 0 Å². The summed E-state index contributed by atoms with van der Waals surface area (Å²) >= 11 is 1.27. The fraction of sp³-hybridized carbons (Fsp3) is 0.375. The Morgan fingerprint density at radius 1 is 1.38 bits per heavy atom. The smallest absolute Gasteiger partial charge is 0.231 e. The Balaban J connectivity index is 1.64. The van der Waals surface area contributed by atoms with Gasteiger partial charge in [0.1, 0.15) is 11.6 Å². The standard InChI is InChI=1S/C16H18N4O3S/c1-10-3-5-12(6-4-10)20-8-11(7-14(20)21)15(22)17-16-19-18-13(24-16)9-23-2/h3-6,11H,7-9H2,1-2H3,(H,17,19,22)/t11-/m0/s1. The fourth-order valence-corrected chi connectivity index (χ4v) is 3.27. The second-order valence-corrected chi connectivity index (χ2v) is 6.73. The molecule has 2 amide bonds. The maximum Gasteiger partial charge on any atom is 0.231 e. The minimum Gasteiger partial charge on any atom is -0.377 e. The molecule has 8 heteroatoms. The van der Waals surface area contributed by atoms with Gasteiger partial charge in [0, 0.05) is 25.8 Å². The summed E-state index contributed by atoms with van der Waals surface area (Å²) in [7, 11) is 1.57. The van der Waals surface area contributed by atoms with E-state index in [1.807, 2.05) is 31.2 Å². The van der Waals surface area contributed by atoms with Crippen LogP contribution in [0, 0.1) is 12.8 Å². The highest BCUT2D eigenvalue weighted by Gasteiger charge is 2.35. The molecular weight excluding hydrogens is 328 g/mol. The van der Waals surface area contributed by atoms with Gasteiger partial charge in [-0.3, -0.25) is 9.59 Å². The highest BCUT2D eigenvalue weighted by atomic mass is 32.1. The molecule has 24 heavy (non-hydrogen) atoms. The summed E-state index contributed by atoms with van der Waals surface area (Å²) in [5.41, 5.74) is 1.95. The molecule has 2 heterocycles. The van der Waals surface area contributed by atoms with Crippen molar-refractivity contribution in [3.8, 4) is 0 Å². The van der Waals surface area contributed by atoms with E-state index in [0.29, 0.717) is 23.3 Å². The van der Waals surface area contributed by atoms with E-state index in [-0.39, 0.29) is 18.2 Å². The Bertz CT molecular complexity index is 744. The van der Waals surface area contributed by atoms with Crippen molar-refractivity contribution in [2.45, 2.75) is 20.0 Å². The maximum atomic E-state index is 12.4. The van der Waals surface area contributed by atoms with Crippen molar-refractivity contribution in [3.63, 3.8) is 0 Å². The van der Waals surface area contributed by atoms with Gasteiger partial charge in [-0.2, -0.15) is 0 Å². The molecule has 3 rings (SSSR count). The van der Waals surface area contributed by atoms with Crippen molar-refractivity contribution in [1.82, 2.24) is 10.2 Å². The number of anilines is 2. The van der Waals surface area contributed by atoms with E-state index in [9.17, 15) is 9.59 Å². The number of carbonyl (C=O) groups excluding carboxylic acids is 2. The largest absolute Gasteiger partial charge is 0.377 e. The second-order valence-electron chi connectivity index (χ2n) is 5.66. The number of nitrogens with zero attached hydrogens (tertiary/aromatic N) is 3. The highest BCUT2D eigenvalue weighted by molar-refractivity contribution is 7.15. The number of benzene rings is 1. The Labute approximate surface area is 143 Å². The van der Waals surface area contributed by atoms with Crippen LogP contribution in [0.2, 0.25) is 0 Å². The lowest BCUT2D eigenvalue weighted by atomic mass is 10.1. The zero-order valence-electron chi connectivity index (χ0n) is 13.5. The van der Waals surface area contributed by atoms with Crippen LogP contribution in [0.25, 0.3) is 0 Å². The molecule has 1 N–H and O–H groups in total. The van der Waals surface area contributed by atoms with E-state index in [4.69, 9.17) is 4.74 Å². The lowest BCUT2D eigenvalue weighted by Crippen LogP contribution is -2.28. The van der Waals surface area contributed by atoms with Crippen molar-refractivity contribution in [2.75, 3.05) is 23.9 Å². The zero-order chi connectivity index (χ0) is 17.1. The molecule has 1 aliphatic heterocycles. The molecule has 0 radical (unpaired) electrons. The van der Waals surface area contributed by atoms with E-state index in [0.717, 1.165) is 11.3 Å². The van der Waals surface area contributed by atoms with Gasteiger partial charge in [0.25, 0.3) is 0 Å². The molecule has 0 spiro atoms. The summed E-state index contributed by atoms with van der Waals surface area (Å²) in [6.45, 7) is 2.72. The van der Waals surface area contributed by atoms with Crippen LogP contribution in [-0.2, 0) is 20.9 Å². The number of amides is 2. The number of methoxy groups -OCH3 is 1. The quantitative estimate of drug-likeness (QED) is 0.895. The topological polar surface area (TPSA) is 84.4 Å². The van der Waals surface area contributed by atoms with E-state index in [1.54, 1.807) is 12.0 Å². The maximum absolute atomic E-state index is 12.4. The number of carbonyl (C=O) groups is 2. The van der Waals surface area contributed by atoms with Crippen molar-refractivity contribution in [2.24, 2.45) is 5.92 Å². The van der Waals surface area contributed by atoms with Crippen LogP contribution in [0.4, 0.5) is 10.8 Å². The molecule has 7 nitrogen and oxygen atoms in total. The number of aromatic nitrogens is 2. The van der Waals surface area contributed by atoms with E-state index in [1.165, 1.54) is 11.3 Å². The average Bonchev–Trinajstić information content (AvgIpc) is 3.15. The molecule has 1 saturated heterocycles. The summed E-state index contributed by atoms with van der Waals surface area (Å²) in [6, 6.07) is 7.70. The van der Waals surface area contributed by atoms with E-state index < -0.39 is 5.92 Å². The predicted molar refractivity (Wildman–Crippen MR) is 90.9 cm³/mol. The predicted octanol–water partition coefficient (Wildman–Crippen LogP) is 1.98. The molecule has 1 fully saturated rings. The van der Waals surface area contributed by atoms with Gasteiger partial charge in [0.2, 0.25) is 16.9 Å². The van der Waals surface area contributed by atoms with Crippen molar-refractivity contribution >= 4 is 34.0 Å². The Morgan fingerprint density at radius 2 is 2.12 bits per heavy atom. The molecule has 2 aromatic rings. The van der Waals surface area contributed by atoms with Crippen LogP contribution in [0.1, 0.15) is 17.0 Å². The first kappa shape index (κ1) is 16.5. The lowest BCUT2D eigenvalue weighted by molar-refractivity contribution is -0.122. The monoisotopic (exact) mass is 346 g/mol. The molecule has 0 aliphatic carbocycles. The number of hydrogen-bond acceptors (Lipinski definition) is 6. The molecule has 0 bridgehead atoms. The number of rotatable bonds is 5. The Morgan fingerprint density at radius 3 is 2.83 bits per heavy atom. The van der Waals surface area contributed by atoms with Gasteiger partial charge in [-0.25, -0.2) is 0 Å². The summed E-state index contributed by atoms with van der Waals surface area (Å²) in [4.78, 5) is 26.2. The summed E-state index contributed by atoms with van der Waals surface area (Å²) in [5, 5.41) is 11.7. The fourth-order valence-electron chi connectivity index (χ4n) is 2.55. The molecule has 1 aliphatic rings. The summed E-state index contributed by atoms with van der Waals surface area (Å²) in [6.07, 6.45) is 0.198. The lowest BCUT2D eigenvalue weighted by Gasteiger charge is -2.16. The number of nitrogens with one attached hydrogen (secondary N) is 1. The number of ether oxygens (including phenoxy) is 1. The Hall–Kier alpha value is -2.32. The summed E-state index contributed by atoms with van der Waals surface area (Å²) in [5.74, 6) is -0.650. The number of aryl methyl sites for hydroxylation is 1. The van der Waals surface area contributed by atoms with Gasteiger partial charge in [-0.1, -0.05) is 29.0 Å². The van der Waals surface area contributed by atoms with Crippen LogP contribution in [0.5, 0.6) is 0 Å². The third-order valence-corrected chi connectivity index (χ3v) is 4.62. The van der Waals surface area contributed by atoms with Crippen LogP contribution < -0.4 is 10.2 Å². The van der Waals surface area contributed by atoms with Gasteiger partial charge in [0.05, 0.1) is 5.92 Å². The molecular formula is C16H18N4O3S. The van der Waals surface area contributed by atoms with Crippen molar-refractivity contribution < 1.29 is 14.3 Å². The third kappa shape index (κ3) is 3.60.